The maximum atomic E-state index is 5.11. The second-order valence-electron chi connectivity index (χ2n) is 1.97. The van der Waals surface area contributed by atoms with Gasteiger partial charge in [-0.25, -0.2) is 0 Å². The lowest BCUT2D eigenvalue weighted by Crippen LogP contribution is -2.28. The first-order valence-electron chi connectivity index (χ1n) is 4.66. The van der Waals surface area contributed by atoms with Crippen molar-refractivity contribution in [1.82, 2.24) is 4.90 Å². The van der Waals surface area contributed by atoms with Crippen LogP contribution in [0.5, 0.6) is 0 Å². The highest BCUT2D eigenvalue weighted by atomic mass is 16.5. The van der Waals surface area contributed by atoms with Gasteiger partial charge in [-0.05, 0) is 13.5 Å². The van der Waals surface area contributed by atoms with Crippen molar-refractivity contribution >= 4 is 0 Å². The second kappa shape index (κ2) is 12.6. The van der Waals surface area contributed by atoms with Gasteiger partial charge < -0.3 is 4.74 Å². The standard InChI is InChI=1S/C5H11NO.2C2H6/c1-6-3-2-4-7-5-6;2*1-2/h2-5H2,1H3;2*1-2H3. The zero-order chi connectivity index (χ0) is 9.11. The normalized spacial score (nSPS) is 17.2. The van der Waals surface area contributed by atoms with Gasteiger partial charge in [0.2, 0.25) is 0 Å². The molecule has 0 aromatic heterocycles. The van der Waals surface area contributed by atoms with E-state index >= 15 is 0 Å². The number of hydrogen-bond donors (Lipinski definition) is 0. The van der Waals surface area contributed by atoms with Gasteiger partial charge in [0, 0.05) is 13.2 Å². The molecule has 1 rings (SSSR count). The van der Waals surface area contributed by atoms with E-state index in [0.717, 1.165) is 13.3 Å². The lowest BCUT2D eigenvalue weighted by atomic mass is 10.4. The summed E-state index contributed by atoms with van der Waals surface area (Å²) in [5, 5.41) is 0. The molecule has 1 fully saturated rings. The molecule has 1 aliphatic rings. The molecule has 0 aromatic carbocycles. The lowest BCUT2D eigenvalue weighted by molar-refractivity contribution is 0.00119. The quantitative estimate of drug-likeness (QED) is 0.540. The molecule has 0 radical (unpaired) electrons. The van der Waals surface area contributed by atoms with Crippen molar-refractivity contribution in [2.24, 2.45) is 0 Å². The van der Waals surface area contributed by atoms with E-state index in [1.807, 2.05) is 27.7 Å². The summed E-state index contributed by atoms with van der Waals surface area (Å²) < 4.78 is 5.11. The Morgan fingerprint density at radius 1 is 1.09 bits per heavy atom. The summed E-state index contributed by atoms with van der Waals surface area (Å²) >= 11 is 0. The van der Waals surface area contributed by atoms with Crippen LogP contribution in [0.1, 0.15) is 34.1 Å². The average Bonchev–Trinajstić information content (AvgIpc) is 2.13. The summed E-state index contributed by atoms with van der Waals surface area (Å²) in [5.41, 5.74) is 0. The van der Waals surface area contributed by atoms with Crippen LogP contribution in [-0.2, 0) is 4.74 Å². The minimum atomic E-state index is 0.819. The molecule has 0 aliphatic carbocycles. The SMILES string of the molecule is CC.CC.CN1CCCOC1. The van der Waals surface area contributed by atoms with Crippen molar-refractivity contribution < 1.29 is 4.74 Å². The van der Waals surface area contributed by atoms with E-state index in [9.17, 15) is 0 Å². The molecule has 0 saturated carbocycles. The van der Waals surface area contributed by atoms with Gasteiger partial charge in [0.05, 0.1) is 6.73 Å². The Morgan fingerprint density at radius 3 is 1.82 bits per heavy atom. The number of nitrogens with zero attached hydrogens (tertiary/aromatic N) is 1. The monoisotopic (exact) mass is 161 g/mol. The van der Waals surface area contributed by atoms with Gasteiger partial charge in [0.1, 0.15) is 0 Å². The van der Waals surface area contributed by atoms with Crippen LogP contribution in [-0.4, -0.2) is 31.8 Å². The molecule has 11 heavy (non-hydrogen) atoms. The van der Waals surface area contributed by atoms with Crippen molar-refractivity contribution in [3.05, 3.63) is 0 Å². The van der Waals surface area contributed by atoms with E-state index in [1.165, 1.54) is 13.0 Å². The largest absolute Gasteiger partial charge is 0.366 e. The van der Waals surface area contributed by atoms with Crippen molar-refractivity contribution in [3.8, 4) is 0 Å². The van der Waals surface area contributed by atoms with E-state index in [0.29, 0.717) is 0 Å². The first kappa shape index (κ1) is 13.5. The summed E-state index contributed by atoms with van der Waals surface area (Å²) in [4.78, 5) is 2.17. The zero-order valence-electron chi connectivity index (χ0n) is 8.68. The van der Waals surface area contributed by atoms with Crippen LogP contribution in [0, 0.1) is 0 Å². The minimum Gasteiger partial charge on any atom is -0.366 e. The molecule has 0 spiro atoms. The van der Waals surface area contributed by atoms with E-state index < -0.39 is 0 Å². The Morgan fingerprint density at radius 2 is 1.64 bits per heavy atom. The second-order valence-corrected chi connectivity index (χ2v) is 1.97. The summed E-state index contributed by atoms with van der Waals surface area (Å²) in [6.07, 6.45) is 1.19. The Hall–Kier alpha value is -0.0800. The Labute approximate surface area is 71.5 Å². The van der Waals surface area contributed by atoms with Gasteiger partial charge in [-0.1, -0.05) is 27.7 Å². The third-order valence-corrected chi connectivity index (χ3v) is 1.14. The molecule has 1 saturated heterocycles. The molecule has 0 unspecified atom stereocenters. The molecule has 2 nitrogen and oxygen atoms in total. The first-order chi connectivity index (χ1) is 5.39. The number of hydrogen-bond acceptors (Lipinski definition) is 2. The van der Waals surface area contributed by atoms with Crippen molar-refractivity contribution in [3.63, 3.8) is 0 Å². The molecule has 0 atom stereocenters. The fourth-order valence-electron chi connectivity index (χ4n) is 0.721. The predicted molar refractivity (Wildman–Crippen MR) is 50.8 cm³/mol. The van der Waals surface area contributed by atoms with Crippen molar-refractivity contribution in [2.45, 2.75) is 34.1 Å². The molecule has 70 valence electrons. The van der Waals surface area contributed by atoms with E-state index in [4.69, 9.17) is 4.74 Å². The Kier molecular flexibility index (Phi) is 15.4. The van der Waals surface area contributed by atoms with Crippen LogP contribution >= 0.6 is 0 Å². The fraction of sp³-hybridized carbons (Fsp3) is 1.00. The molecule has 0 aromatic rings. The first-order valence-corrected chi connectivity index (χ1v) is 4.66. The predicted octanol–water partition coefficient (Wildman–Crippen LogP) is 2.35. The van der Waals surface area contributed by atoms with Crippen molar-refractivity contribution in [2.75, 3.05) is 26.9 Å². The molecule has 0 bridgehead atoms. The molecular weight excluding hydrogens is 138 g/mol. The molecule has 1 heterocycles. The topological polar surface area (TPSA) is 12.5 Å². The van der Waals surface area contributed by atoms with E-state index in [2.05, 4.69) is 11.9 Å². The van der Waals surface area contributed by atoms with E-state index in [1.54, 1.807) is 0 Å². The summed E-state index contributed by atoms with van der Waals surface area (Å²) in [6, 6.07) is 0. The number of rotatable bonds is 0. The van der Waals surface area contributed by atoms with Crippen LogP contribution in [0.15, 0.2) is 0 Å². The summed E-state index contributed by atoms with van der Waals surface area (Å²) in [5.74, 6) is 0. The van der Waals surface area contributed by atoms with E-state index in [-0.39, 0.29) is 0 Å². The van der Waals surface area contributed by atoms with Crippen LogP contribution in [0.4, 0.5) is 0 Å². The average molecular weight is 161 g/mol. The maximum Gasteiger partial charge on any atom is 0.0987 e. The Bertz CT molecular complexity index is 51.5. The van der Waals surface area contributed by atoms with Crippen LogP contribution in [0.3, 0.4) is 0 Å². The minimum absolute atomic E-state index is 0.819. The summed E-state index contributed by atoms with van der Waals surface area (Å²) in [7, 11) is 2.07. The molecule has 1 aliphatic heterocycles. The highest BCUT2D eigenvalue weighted by molar-refractivity contribution is 4.49. The smallest absolute Gasteiger partial charge is 0.0987 e. The fourth-order valence-corrected chi connectivity index (χ4v) is 0.721. The summed E-state index contributed by atoms with van der Waals surface area (Å²) in [6.45, 7) is 11.0. The van der Waals surface area contributed by atoms with Gasteiger partial charge in [0.15, 0.2) is 0 Å². The lowest BCUT2D eigenvalue weighted by Gasteiger charge is -2.21. The highest BCUT2D eigenvalue weighted by Crippen LogP contribution is 1.95. The van der Waals surface area contributed by atoms with Gasteiger partial charge >= 0.3 is 0 Å². The van der Waals surface area contributed by atoms with Crippen LogP contribution < -0.4 is 0 Å². The van der Waals surface area contributed by atoms with Gasteiger partial charge in [-0.15, -0.1) is 0 Å². The van der Waals surface area contributed by atoms with Gasteiger partial charge in [-0.2, -0.15) is 0 Å². The molecule has 2 heteroatoms. The van der Waals surface area contributed by atoms with Gasteiger partial charge in [-0.3, -0.25) is 4.90 Å². The molecular formula is C9H23NO. The molecule has 0 amide bonds. The van der Waals surface area contributed by atoms with Gasteiger partial charge in [0.25, 0.3) is 0 Å². The Balaban J connectivity index is 0. The van der Waals surface area contributed by atoms with Crippen LogP contribution in [0.25, 0.3) is 0 Å². The highest BCUT2D eigenvalue weighted by Gasteiger charge is 2.02. The maximum absolute atomic E-state index is 5.11. The van der Waals surface area contributed by atoms with Crippen LogP contribution in [0.2, 0.25) is 0 Å². The van der Waals surface area contributed by atoms with Crippen molar-refractivity contribution in [1.29, 1.82) is 0 Å². The zero-order valence-corrected chi connectivity index (χ0v) is 8.68. The number of ether oxygens (including phenoxy) is 1. The third-order valence-electron chi connectivity index (χ3n) is 1.14. The third kappa shape index (κ3) is 9.92. The molecule has 0 N–H and O–H groups in total.